The van der Waals surface area contributed by atoms with Gasteiger partial charge in [-0.2, -0.15) is 0 Å². The molecule has 2 rings (SSSR count). The van der Waals surface area contributed by atoms with E-state index in [-0.39, 0.29) is 4.81 Å². The van der Waals surface area contributed by atoms with Crippen LogP contribution >= 0.6 is 0 Å². The SMILES string of the molecule is [B]N1C(=O)C2(C(=O)NC2=O)C1=O. The van der Waals surface area contributed by atoms with E-state index in [0.717, 1.165) is 0 Å². The zero-order valence-corrected chi connectivity index (χ0v) is 5.66. The lowest BCUT2D eigenvalue weighted by atomic mass is 9.69. The number of amides is 4. The van der Waals surface area contributed by atoms with Gasteiger partial charge in [0.25, 0.3) is 29.0 Å². The number of β-lactam (4-membered cyclic amide) rings is 4. The largest absolute Gasteiger partial charge is 0.337 e. The lowest BCUT2D eigenvalue weighted by Gasteiger charge is -2.46. The van der Waals surface area contributed by atoms with Gasteiger partial charge in [-0.15, -0.1) is 0 Å². The van der Waals surface area contributed by atoms with Crippen LogP contribution in [-0.4, -0.2) is 36.4 Å². The van der Waals surface area contributed by atoms with Gasteiger partial charge < -0.3 is 4.81 Å². The normalized spacial score (nSPS) is 25.2. The van der Waals surface area contributed by atoms with E-state index in [1.807, 2.05) is 0 Å². The minimum absolute atomic E-state index is 0.261. The fraction of sp³-hybridized carbons (Fsp3) is 0.200. The Morgan fingerprint density at radius 2 is 1.50 bits per heavy atom. The summed E-state index contributed by atoms with van der Waals surface area (Å²) in [7, 11) is 4.88. The van der Waals surface area contributed by atoms with Crippen molar-refractivity contribution in [3.63, 3.8) is 0 Å². The highest BCUT2D eigenvalue weighted by Crippen LogP contribution is 2.37. The summed E-state index contributed by atoms with van der Waals surface area (Å²) in [4.78, 5) is 43.6. The Labute approximate surface area is 67.3 Å². The molecule has 0 saturated carbocycles. The quantitative estimate of drug-likeness (QED) is 0.236. The molecule has 4 amide bonds. The van der Waals surface area contributed by atoms with Crippen LogP contribution in [0.3, 0.4) is 0 Å². The van der Waals surface area contributed by atoms with Gasteiger partial charge >= 0.3 is 0 Å². The molecule has 2 aliphatic heterocycles. The summed E-state index contributed by atoms with van der Waals surface area (Å²) in [6.07, 6.45) is 0. The molecule has 2 fully saturated rings. The Hall–Kier alpha value is -1.66. The Bertz CT molecular complexity index is 317. The molecule has 0 bridgehead atoms. The van der Waals surface area contributed by atoms with Gasteiger partial charge in [0.1, 0.15) is 0 Å². The molecular formula is C5HBN2O4. The molecule has 1 spiro atoms. The molecule has 7 heteroatoms. The van der Waals surface area contributed by atoms with Gasteiger partial charge in [-0.05, 0) is 0 Å². The van der Waals surface area contributed by atoms with Crippen molar-refractivity contribution in [1.82, 2.24) is 10.1 Å². The molecule has 2 aliphatic rings. The number of carbonyl (C=O) groups excluding carboxylic acids is 4. The number of hydrogen-bond acceptors (Lipinski definition) is 4. The minimum atomic E-state index is -2.12. The van der Waals surface area contributed by atoms with Gasteiger partial charge in [-0.25, -0.2) is 0 Å². The number of nitrogens with zero attached hydrogens (tertiary/aromatic N) is 1. The van der Waals surface area contributed by atoms with Gasteiger partial charge in [0.05, 0.1) is 0 Å². The standard InChI is InChI=1S/C5HBN2O4/c6-8-3(11)5(4(8)12)1(9)7-2(5)10/h(H,7,9,10). The number of rotatable bonds is 0. The van der Waals surface area contributed by atoms with Gasteiger partial charge in [0.2, 0.25) is 7.98 Å². The van der Waals surface area contributed by atoms with E-state index in [4.69, 9.17) is 7.98 Å². The summed E-state index contributed by atoms with van der Waals surface area (Å²) in [6, 6.07) is 0. The molecule has 58 valence electrons. The van der Waals surface area contributed by atoms with E-state index in [1.54, 1.807) is 5.32 Å². The highest BCUT2D eigenvalue weighted by molar-refractivity contribution is 6.57. The van der Waals surface area contributed by atoms with Crippen molar-refractivity contribution in [1.29, 1.82) is 0 Å². The fourth-order valence-electron chi connectivity index (χ4n) is 1.21. The molecule has 12 heavy (non-hydrogen) atoms. The third kappa shape index (κ3) is 0.382. The van der Waals surface area contributed by atoms with E-state index in [0.29, 0.717) is 0 Å². The first-order chi connectivity index (χ1) is 5.52. The van der Waals surface area contributed by atoms with Gasteiger partial charge in [0, 0.05) is 0 Å². The second-order valence-electron chi connectivity index (χ2n) is 2.51. The van der Waals surface area contributed by atoms with Crippen molar-refractivity contribution in [3.05, 3.63) is 0 Å². The smallest absolute Gasteiger partial charge is 0.282 e. The average Bonchev–Trinajstić information content (AvgIpc) is 2.04. The Morgan fingerprint density at radius 1 is 1.08 bits per heavy atom. The maximum Gasteiger partial charge on any atom is 0.282 e. The third-order valence-corrected chi connectivity index (χ3v) is 1.99. The van der Waals surface area contributed by atoms with Crippen LogP contribution < -0.4 is 5.32 Å². The average molecular weight is 164 g/mol. The van der Waals surface area contributed by atoms with Crippen molar-refractivity contribution in [2.75, 3.05) is 0 Å². The van der Waals surface area contributed by atoms with Crippen molar-refractivity contribution in [3.8, 4) is 0 Å². The lowest BCUT2D eigenvalue weighted by molar-refractivity contribution is -0.183. The molecule has 1 N–H and O–H groups in total. The second kappa shape index (κ2) is 1.57. The first kappa shape index (κ1) is 7.02. The predicted octanol–water partition coefficient (Wildman–Crippen LogP) is -2.92. The number of carbonyl (C=O) groups is 4. The molecule has 2 saturated heterocycles. The summed E-state index contributed by atoms with van der Waals surface area (Å²) in [5, 5.41) is 1.78. The van der Waals surface area contributed by atoms with Crippen molar-refractivity contribution in [2.24, 2.45) is 5.41 Å². The molecule has 2 radical (unpaired) electrons. The minimum Gasteiger partial charge on any atom is -0.337 e. The van der Waals surface area contributed by atoms with E-state index in [2.05, 4.69) is 0 Å². The Kier molecular flexibility index (Phi) is 0.920. The second-order valence-corrected chi connectivity index (χ2v) is 2.51. The summed E-state index contributed by atoms with van der Waals surface area (Å²) in [5.41, 5.74) is -2.12. The molecule has 0 atom stereocenters. The van der Waals surface area contributed by atoms with Crippen LogP contribution in [-0.2, 0) is 19.2 Å². The van der Waals surface area contributed by atoms with Crippen LogP contribution in [0.15, 0.2) is 0 Å². The number of imide groups is 2. The van der Waals surface area contributed by atoms with E-state index in [9.17, 15) is 19.2 Å². The van der Waals surface area contributed by atoms with E-state index < -0.39 is 29.0 Å². The molecule has 0 unspecified atom stereocenters. The van der Waals surface area contributed by atoms with Crippen LogP contribution in [0.2, 0.25) is 0 Å². The number of hydrogen-bond donors (Lipinski definition) is 1. The lowest BCUT2D eigenvalue weighted by Crippen LogP contribution is -2.83. The first-order valence-corrected chi connectivity index (χ1v) is 3.02. The molecule has 0 aromatic rings. The summed E-state index contributed by atoms with van der Waals surface area (Å²) in [6.45, 7) is 0. The zero-order chi connectivity index (χ0) is 9.09. The third-order valence-electron chi connectivity index (χ3n) is 1.99. The molecule has 0 aliphatic carbocycles. The fourth-order valence-corrected chi connectivity index (χ4v) is 1.21. The zero-order valence-electron chi connectivity index (χ0n) is 5.66. The van der Waals surface area contributed by atoms with Crippen molar-refractivity contribution >= 4 is 31.6 Å². The van der Waals surface area contributed by atoms with Crippen LogP contribution in [0.1, 0.15) is 0 Å². The van der Waals surface area contributed by atoms with E-state index >= 15 is 0 Å². The maximum atomic E-state index is 10.9. The van der Waals surface area contributed by atoms with Crippen LogP contribution in [0.4, 0.5) is 0 Å². The highest BCUT2D eigenvalue weighted by atomic mass is 16.2. The maximum absolute atomic E-state index is 10.9. The van der Waals surface area contributed by atoms with Crippen LogP contribution in [0.25, 0.3) is 0 Å². The highest BCUT2D eigenvalue weighted by Gasteiger charge is 2.75. The van der Waals surface area contributed by atoms with Crippen molar-refractivity contribution in [2.45, 2.75) is 0 Å². The molecular weight excluding hydrogens is 163 g/mol. The molecule has 0 aromatic carbocycles. The van der Waals surface area contributed by atoms with Crippen molar-refractivity contribution < 1.29 is 19.2 Å². The monoisotopic (exact) mass is 164 g/mol. The van der Waals surface area contributed by atoms with Crippen LogP contribution in [0, 0.1) is 5.41 Å². The first-order valence-electron chi connectivity index (χ1n) is 3.02. The summed E-state index contributed by atoms with van der Waals surface area (Å²) < 4.78 is 0. The van der Waals surface area contributed by atoms with Gasteiger partial charge in [0.15, 0.2) is 0 Å². The summed E-state index contributed by atoms with van der Waals surface area (Å²) in [5.74, 6) is -3.68. The Balaban J connectivity index is 2.47. The number of nitrogens with one attached hydrogen (secondary N) is 1. The van der Waals surface area contributed by atoms with Gasteiger partial charge in [-0.1, -0.05) is 0 Å². The summed E-state index contributed by atoms with van der Waals surface area (Å²) >= 11 is 0. The Morgan fingerprint density at radius 3 is 1.75 bits per heavy atom. The van der Waals surface area contributed by atoms with Gasteiger partial charge in [-0.3, -0.25) is 24.5 Å². The topological polar surface area (TPSA) is 83.6 Å². The predicted molar refractivity (Wildman–Crippen MR) is 33.2 cm³/mol. The van der Waals surface area contributed by atoms with Crippen LogP contribution in [0.5, 0.6) is 0 Å². The molecule has 0 aromatic heterocycles. The van der Waals surface area contributed by atoms with E-state index in [1.165, 1.54) is 0 Å². The molecule has 2 heterocycles. The molecule has 6 nitrogen and oxygen atoms in total.